The lowest BCUT2D eigenvalue weighted by atomic mass is 10.0. The first-order valence-electron chi connectivity index (χ1n) is 9.91. The Morgan fingerprint density at radius 1 is 1.32 bits per heavy atom. The van der Waals surface area contributed by atoms with Crippen molar-refractivity contribution in [1.82, 2.24) is 19.5 Å². The lowest BCUT2D eigenvalue weighted by Gasteiger charge is -2.17. The summed E-state index contributed by atoms with van der Waals surface area (Å²) in [5, 5.41) is 12.3. The molecule has 1 N–H and O–H groups in total. The molecule has 9 heteroatoms. The Bertz CT molecular complexity index is 1190. The van der Waals surface area contributed by atoms with Crippen LogP contribution in [0.2, 0.25) is 5.02 Å². The van der Waals surface area contributed by atoms with Gasteiger partial charge in [0.15, 0.2) is 5.65 Å². The molecule has 1 aromatic carbocycles. The normalized spacial score (nSPS) is 11.0. The van der Waals surface area contributed by atoms with E-state index in [-0.39, 0.29) is 5.91 Å². The molecule has 0 unspecified atom stereocenters. The van der Waals surface area contributed by atoms with Crippen LogP contribution in [-0.4, -0.2) is 53.4 Å². The number of likely N-dealkylation sites (N-methyl/N-ethyl adjacent to an activating group) is 1. The van der Waals surface area contributed by atoms with Crippen molar-refractivity contribution >= 4 is 53.6 Å². The number of fused-ring (bicyclic) bond motifs is 1. The van der Waals surface area contributed by atoms with Crippen LogP contribution in [0.5, 0.6) is 0 Å². The molecule has 31 heavy (non-hydrogen) atoms. The minimum absolute atomic E-state index is 0.116. The Morgan fingerprint density at radius 3 is 2.94 bits per heavy atom. The average molecular weight is 450 g/mol. The smallest absolute Gasteiger partial charge is 0.226 e. The van der Waals surface area contributed by atoms with E-state index in [0.29, 0.717) is 35.6 Å². The van der Waals surface area contributed by atoms with Gasteiger partial charge < -0.3 is 10.2 Å². The summed E-state index contributed by atoms with van der Waals surface area (Å²) < 4.78 is 1.68. The number of nitrogens with one attached hydrogen (secondary N) is 1. The number of hydrogen-bond acceptors (Lipinski definition) is 5. The fourth-order valence-electron chi connectivity index (χ4n) is 3.27. The van der Waals surface area contributed by atoms with Crippen LogP contribution in [0.25, 0.3) is 16.9 Å². The standard InChI is InChI=1S/C22H21BClN5OS/c1-28(21(30)11-15-7-10-31-14-15)9-4-8-25-20-12-19(16-5-2-3-6-18(16)24)27-22-17(23)13-26-29(20)22/h2-3,5-7,10,12-14,25H,4,8-9,11H2,1H3. The van der Waals surface area contributed by atoms with Crippen molar-refractivity contribution < 1.29 is 4.79 Å². The van der Waals surface area contributed by atoms with E-state index in [1.165, 1.54) is 0 Å². The highest BCUT2D eigenvalue weighted by Crippen LogP contribution is 2.28. The Kier molecular flexibility index (Phi) is 6.58. The van der Waals surface area contributed by atoms with Gasteiger partial charge in [0.2, 0.25) is 5.91 Å². The molecule has 0 bridgehead atoms. The van der Waals surface area contributed by atoms with Crippen LogP contribution in [0, 0.1) is 0 Å². The Morgan fingerprint density at radius 2 is 2.16 bits per heavy atom. The van der Waals surface area contributed by atoms with Gasteiger partial charge in [0.05, 0.1) is 12.1 Å². The number of rotatable bonds is 8. The number of aromatic nitrogens is 3. The van der Waals surface area contributed by atoms with Crippen LogP contribution in [0.3, 0.4) is 0 Å². The predicted octanol–water partition coefficient (Wildman–Crippen LogP) is 3.41. The van der Waals surface area contributed by atoms with Gasteiger partial charge in [-0.3, -0.25) is 4.79 Å². The molecule has 4 rings (SSSR count). The largest absolute Gasteiger partial charge is 0.370 e. The second-order valence-corrected chi connectivity index (χ2v) is 8.43. The highest BCUT2D eigenvalue weighted by Gasteiger charge is 2.13. The van der Waals surface area contributed by atoms with Gasteiger partial charge in [0, 0.05) is 43.0 Å². The summed E-state index contributed by atoms with van der Waals surface area (Å²) in [6.45, 7) is 1.32. The van der Waals surface area contributed by atoms with Crippen molar-refractivity contribution in [3.63, 3.8) is 0 Å². The van der Waals surface area contributed by atoms with Crippen molar-refractivity contribution in [3.05, 3.63) is 63.9 Å². The van der Waals surface area contributed by atoms with Gasteiger partial charge >= 0.3 is 0 Å². The molecule has 0 saturated heterocycles. The number of carbonyl (C=O) groups excluding carboxylic acids is 1. The molecule has 4 aromatic rings. The molecule has 1 amide bonds. The third-order valence-electron chi connectivity index (χ3n) is 4.99. The summed E-state index contributed by atoms with van der Waals surface area (Å²) >= 11 is 7.97. The topological polar surface area (TPSA) is 62.5 Å². The first-order chi connectivity index (χ1) is 15.0. The van der Waals surface area contributed by atoms with Crippen LogP contribution in [0.4, 0.5) is 5.82 Å². The van der Waals surface area contributed by atoms with Gasteiger partial charge in [0.25, 0.3) is 0 Å². The molecule has 3 aromatic heterocycles. The Balaban J connectivity index is 1.43. The highest BCUT2D eigenvalue weighted by atomic mass is 35.5. The summed E-state index contributed by atoms with van der Waals surface area (Å²) in [6.07, 6.45) is 2.81. The van der Waals surface area contributed by atoms with E-state index in [1.807, 2.05) is 54.2 Å². The molecule has 0 aliphatic heterocycles. The van der Waals surface area contributed by atoms with Gasteiger partial charge in [-0.15, -0.1) is 0 Å². The molecule has 0 aliphatic carbocycles. The number of amides is 1. The number of nitrogens with zero attached hydrogens (tertiary/aromatic N) is 4. The monoisotopic (exact) mass is 449 g/mol. The van der Waals surface area contributed by atoms with E-state index in [2.05, 4.69) is 15.4 Å². The van der Waals surface area contributed by atoms with Gasteiger partial charge in [0.1, 0.15) is 13.7 Å². The number of carbonyl (C=O) groups is 1. The van der Waals surface area contributed by atoms with Gasteiger partial charge in [-0.2, -0.15) is 21.0 Å². The number of halogens is 1. The van der Waals surface area contributed by atoms with Crippen molar-refractivity contribution in [1.29, 1.82) is 0 Å². The minimum Gasteiger partial charge on any atom is -0.370 e. The van der Waals surface area contributed by atoms with E-state index in [0.717, 1.165) is 29.1 Å². The number of benzene rings is 1. The minimum atomic E-state index is 0.116. The van der Waals surface area contributed by atoms with Crippen molar-refractivity contribution in [3.8, 4) is 11.3 Å². The maximum absolute atomic E-state index is 12.3. The molecule has 156 valence electrons. The molecule has 0 aliphatic rings. The predicted molar refractivity (Wildman–Crippen MR) is 128 cm³/mol. The fourth-order valence-corrected chi connectivity index (χ4v) is 4.17. The van der Waals surface area contributed by atoms with E-state index in [1.54, 1.807) is 26.9 Å². The zero-order chi connectivity index (χ0) is 21.8. The molecule has 0 fully saturated rings. The maximum atomic E-state index is 12.3. The first kappa shape index (κ1) is 21.4. The Hall–Kier alpha value is -2.84. The molecule has 2 radical (unpaired) electrons. The van der Waals surface area contributed by atoms with Gasteiger partial charge in [-0.1, -0.05) is 29.8 Å². The van der Waals surface area contributed by atoms with E-state index in [9.17, 15) is 4.79 Å². The molecule has 0 atom stereocenters. The highest BCUT2D eigenvalue weighted by molar-refractivity contribution is 7.08. The third kappa shape index (κ3) is 4.91. The molecular weight excluding hydrogens is 429 g/mol. The van der Waals surface area contributed by atoms with Crippen LogP contribution < -0.4 is 10.8 Å². The zero-order valence-electron chi connectivity index (χ0n) is 17.1. The summed E-state index contributed by atoms with van der Waals surface area (Å²) in [5.41, 5.74) is 3.67. The summed E-state index contributed by atoms with van der Waals surface area (Å²) in [6, 6.07) is 11.4. The average Bonchev–Trinajstić information content (AvgIpc) is 3.41. The van der Waals surface area contributed by atoms with Crippen LogP contribution >= 0.6 is 22.9 Å². The number of anilines is 1. The van der Waals surface area contributed by atoms with E-state index >= 15 is 0 Å². The van der Waals surface area contributed by atoms with E-state index < -0.39 is 0 Å². The second kappa shape index (κ2) is 9.53. The maximum Gasteiger partial charge on any atom is 0.226 e. The van der Waals surface area contributed by atoms with Crippen LogP contribution in [0.15, 0.2) is 53.4 Å². The van der Waals surface area contributed by atoms with Crippen LogP contribution in [-0.2, 0) is 11.2 Å². The molecule has 0 saturated carbocycles. The Labute approximate surface area is 191 Å². The van der Waals surface area contributed by atoms with Crippen molar-refractivity contribution in [2.75, 3.05) is 25.5 Å². The lowest BCUT2D eigenvalue weighted by Crippen LogP contribution is -2.30. The van der Waals surface area contributed by atoms with E-state index in [4.69, 9.17) is 19.4 Å². The molecule has 0 spiro atoms. The van der Waals surface area contributed by atoms with Crippen LogP contribution in [0.1, 0.15) is 12.0 Å². The fraction of sp³-hybridized carbons (Fsp3) is 0.227. The first-order valence-corrected chi connectivity index (χ1v) is 11.2. The molecule has 6 nitrogen and oxygen atoms in total. The third-order valence-corrected chi connectivity index (χ3v) is 6.05. The summed E-state index contributed by atoms with van der Waals surface area (Å²) in [7, 11) is 7.90. The summed E-state index contributed by atoms with van der Waals surface area (Å²) in [5.74, 6) is 0.884. The summed E-state index contributed by atoms with van der Waals surface area (Å²) in [4.78, 5) is 18.8. The number of thiophene rings is 1. The quantitative estimate of drug-likeness (QED) is 0.331. The van der Waals surface area contributed by atoms with Crippen molar-refractivity contribution in [2.24, 2.45) is 0 Å². The SMILES string of the molecule is [B]c1cnn2c(NCCCN(C)C(=O)Cc3ccsc3)cc(-c3ccccc3Cl)nc12. The molecule has 3 heterocycles. The number of hydrogen-bond donors (Lipinski definition) is 1. The zero-order valence-corrected chi connectivity index (χ0v) is 18.7. The van der Waals surface area contributed by atoms with Gasteiger partial charge in [-0.25, -0.2) is 4.98 Å². The van der Waals surface area contributed by atoms with Gasteiger partial charge in [-0.05, 0) is 40.3 Å². The lowest BCUT2D eigenvalue weighted by molar-refractivity contribution is -0.129. The van der Waals surface area contributed by atoms with Crippen molar-refractivity contribution in [2.45, 2.75) is 12.8 Å². The molecular formula is C22H21BClN5OS. The second-order valence-electron chi connectivity index (χ2n) is 7.25.